The smallest absolute Gasteiger partial charge is 0.266 e. The lowest BCUT2D eigenvalue weighted by molar-refractivity contribution is -0.112. The third-order valence-corrected chi connectivity index (χ3v) is 4.02. The number of nitrogens with one attached hydrogen (secondary N) is 1. The summed E-state index contributed by atoms with van der Waals surface area (Å²) in [6.07, 6.45) is 3.08. The number of hydrogen-bond acceptors (Lipinski definition) is 5. The fraction of sp³-hybridized carbons (Fsp3) is 0.174. The predicted octanol–water partition coefficient (Wildman–Crippen LogP) is 3.51. The lowest BCUT2D eigenvalue weighted by Crippen LogP contribution is -2.21. The molecule has 0 atom stereocenters. The number of rotatable bonds is 8. The molecule has 0 saturated heterocycles. The van der Waals surface area contributed by atoms with Crippen LogP contribution in [0.3, 0.4) is 0 Å². The van der Waals surface area contributed by atoms with Gasteiger partial charge in [-0.15, -0.1) is 0 Å². The van der Waals surface area contributed by atoms with E-state index in [0.717, 1.165) is 0 Å². The van der Waals surface area contributed by atoms with E-state index < -0.39 is 5.91 Å². The van der Waals surface area contributed by atoms with Crippen molar-refractivity contribution >= 4 is 23.6 Å². The van der Waals surface area contributed by atoms with Crippen LogP contribution in [-0.2, 0) is 4.79 Å². The maximum Gasteiger partial charge on any atom is 0.266 e. The molecule has 0 aromatic heterocycles. The molecule has 30 heavy (non-hydrogen) atoms. The fourth-order valence-corrected chi connectivity index (χ4v) is 2.51. The molecule has 2 amide bonds. The van der Waals surface area contributed by atoms with Crippen LogP contribution >= 0.6 is 0 Å². The average Bonchev–Trinajstić information content (AvgIpc) is 2.76. The van der Waals surface area contributed by atoms with Gasteiger partial charge < -0.3 is 19.7 Å². The van der Waals surface area contributed by atoms with Gasteiger partial charge in [0.25, 0.3) is 11.8 Å². The van der Waals surface area contributed by atoms with Crippen molar-refractivity contribution in [2.24, 2.45) is 0 Å². The van der Waals surface area contributed by atoms with Gasteiger partial charge in [0.1, 0.15) is 18.2 Å². The Morgan fingerprint density at radius 1 is 1.17 bits per heavy atom. The fourth-order valence-electron chi connectivity index (χ4n) is 2.51. The summed E-state index contributed by atoms with van der Waals surface area (Å²) >= 11 is 0. The lowest BCUT2D eigenvalue weighted by Gasteiger charge is -2.11. The monoisotopic (exact) mass is 405 g/mol. The molecule has 7 heteroatoms. The number of nitriles is 1. The Morgan fingerprint density at radius 2 is 1.87 bits per heavy atom. The summed E-state index contributed by atoms with van der Waals surface area (Å²) in [7, 11) is 4.83. The van der Waals surface area contributed by atoms with Crippen LogP contribution in [0.2, 0.25) is 0 Å². The summed E-state index contributed by atoms with van der Waals surface area (Å²) in [5.74, 6) is 0.310. The molecule has 2 aromatic rings. The molecule has 0 aliphatic heterocycles. The Labute approximate surface area is 175 Å². The van der Waals surface area contributed by atoms with Gasteiger partial charge in [0, 0.05) is 25.3 Å². The minimum absolute atomic E-state index is 0.0785. The van der Waals surface area contributed by atoms with Crippen LogP contribution in [-0.4, -0.2) is 44.5 Å². The molecule has 1 N–H and O–H groups in total. The molecule has 0 unspecified atom stereocenters. The van der Waals surface area contributed by atoms with Crippen LogP contribution in [0.1, 0.15) is 15.9 Å². The highest BCUT2D eigenvalue weighted by molar-refractivity contribution is 6.09. The minimum Gasteiger partial charge on any atom is -0.493 e. The molecule has 0 bridgehead atoms. The second-order valence-corrected chi connectivity index (χ2v) is 6.41. The summed E-state index contributed by atoms with van der Waals surface area (Å²) in [5, 5.41) is 12.1. The third kappa shape index (κ3) is 5.72. The Kier molecular flexibility index (Phi) is 7.77. The van der Waals surface area contributed by atoms with E-state index in [4.69, 9.17) is 9.47 Å². The maximum absolute atomic E-state index is 12.5. The average molecular weight is 405 g/mol. The minimum atomic E-state index is -0.560. The number of anilines is 1. The van der Waals surface area contributed by atoms with Crippen LogP contribution < -0.4 is 14.8 Å². The molecule has 0 aliphatic rings. The first kappa shape index (κ1) is 22.2. The maximum atomic E-state index is 12.5. The van der Waals surface area contributed by atoms with Gasteiger partial charge in [0.05, 0.1) is 7.11 Å². The number of nitrogens with zero attached hydrogens (tertiary/aromatic N) is 2. The second kappa shape index (κ2) is 10.5. The molecular formula is C23H23N3O4. The number of benzene rings is 2. The molecule has 2 rings (SSSR count). The number of hydrogen-bond donors (Lipinski definition) is 1. The van der Waals surface area contributed by atoms with Crippen LogP contribution in [0, 0.1) is 11.3 Å². The van der Waals surface area contributed by atoms with Crippen molar-refractivity contribution in [3.8, 4) is 17.6 Å². The van der Waals surface area contributed by atoms with Crippen molar-refractivity contribution in [2.75, 3.05) is 33.1 Å². The van der Waals surface area contributed by atoms with Gasteiger partial charge in [-0.2, -0.15) is 5.26 Å². The molecule has 0 fully saturated rings. The highest BCUT2D eigenvalue weighted by Gasteiger charge is 2.12. The predicted molar refractivity (Wildman–Crippen MR) is 115 cm³/mol. The molecule has 154 valence electrons. The standard InChI is InChI=1S/C23H23N3O4/c1-5-12-30-20-11-6-16(14-21(20)29-4)13-18(15-24)22(27)25-19-9-7-17(8-10-19)23(28)26(2)3/h5-11,13-14H,1,12H2,2-4H3,(H,25,27)/b18-13+. The quantitative estimate of drug-likeness (QED) is 0.412. The first-order chi connectivity index (χ1) is 14.4. The molecule has 2 aromatic carbocycles. The number of carbonyl (C=O) groups is 2. The first-order valence-corrected chi connectivity index (χ1v) is 9.06. The SMILES string of the molecule is C=CCOc1ccc(/C=C(\C#N)C(=O)Nc2ccc(C(=O)N(C)C)cc2)cc1OC. The molecule has 0 heterocycles. The van der Waals surface area contributed by atoms with E-state index in [1.165, 1.54) is 18.1 Å². The molecule has 0 radical (unpaired) electrons. The number of amides is 2. The van der Waals surface area contributed by atoms with Gasteiger partial charge in [-0.1, -0.05) is 18.7 Å². The summed E-state index contributed by atoms with van der Waals surface area (Å²) in [4.78, 5) is 25.9. The van der Waals surface area contributed by atoms with Gasteiger partial charge in [-0.3, -0.25) is 9.59 Å². The first-order valence-electron chi connectivity index (χ1n) is 9.06. The van der Waals surface area contributed by atoms with Gasteiger partial charge in [0.2, 0.25) is 0 Å². The normalized spacial score (nSPS) is 10.5. The van der Waals surface area contributed by atoms with Crippen molar-refractivity contribution in [3.63, 3.8) is 0 Å². The number of methoxy groups -OCH3 is 1. The summed E-state index contributed by atoms with van der Waals surface area (Å²) in [6, 6.07) is 13.4. The van der Waals surface area contributed by atoms with Gasteiger partial charge in [-0.05, 0) is 48.0 Å². The van der Waals surface area contributed by atoms with Crippen molar-refractivity contribution in [2.45, 2.75) is 0 Å². The van der Waals surface area contributed by atoms with Crippen molar-refractivity contribution < 1.29 is 19.1 Å². The van der Waals surface area contributed by atoms with Crippen LogP contribution in [0.25, 0.3) is 6.08 Å². The van der Waals surface area contributed by atoms with Gasteiger partial charge in [0.15, 0.2) is 11.5 Å². The lowest BCUT2D eigenvalue weighted by atomic mass is 10.1. The summed E-state index contributed by atoms with van der Waals surface area (Å²) < 4.78 is 10.8. The van der Waals surface area contributed by atoms with Crippen LogP contribution in [0.4, 0.5) is 5.69 Å². The van der Waals surface area contributed by atoms with Crippen LogP contribution in [0.5, 0.6) is 11.5 Å². The van der Waals surface area contributed by atoms with E-state index in [0.29, 0.717) is 34.9 Å². The third-order valence-electron chi connectivity index (χ3n) is 4.02. The van der Waals surface area contributed by atoms with E-state index in [2.05, 4.69) is 11.9 Å². The van der Waals surface area contributed by atoms with E-state index in [-0.39, 0.29) is 11.5 Å². The topological polar surface area (TPSA) is 91.7 Å². The zero-order valence-corrected chi connectivity index (χ0v) is 17.1. The molecule has 0 spiro atoms. The summed E-state index contributed by atoms with van der Waals surface area (Å²) in [5.41, 5.74) is 1.50. The second-order valence-electron chi connectivity index (χ2n) is 6.41. The Hall–Kier alpha value is -4.05. The van der Waals surface area contributed by atoms with E-state index >= 15 is 0 Å². The zero-order valence-electron chi connectivity index (χ0n) is 17.1. The molecular weight excluding hydrogens is 382 g/mol. The van der Waals surface area contributed by atoms with Gasteiger partial charge >= 0.3 is 0 Å². The highest BCUT2D eigenvalue weighted by atomic mass is 16.5. The van der Waals surface area contributed by atoms with Crippen molar-refractivity contribution in [3.05, 3.63) is 71.8 Å². The van der Waals surface area contributed by atoms with Crippen LogP contribution in [0.15, 0.2) is 60.7 Å². The molecule has 0 saturated carbocycles. The Balaban J connectivity index is 2.18. The van der Waals surface area contributed by atoms with E-state index in [9.17, 15) is 14.9 Å². The number of carbonyl (C=O) groups excluding carboxylic acids is 2. The van der Waals surface area contributed by atoms with Crippen molar-refractivity contribution in [1.82, 2.24) is 4.90 Å². The molecule has 0 aliphatic carbocycles. The van der Waals surface area contributed by atoms with Gasteiger partial charge in [-0.25, -0.2) is 0 Å². The Morgan fingerprint density at radius 3 is 2.43 bits per heavy atom. The largest absolute Gasteiger partial charge is 0.493 e. The highest BCUT2D eigenvalue weighted by Crippen LogP contribution is 2.29. The van der Waals surface area contributed by atoms with Crippen molar-refractivity contribution in [1.29, 1.82) is 5.26 Å². The summed E-state index contributed by atoms with van der Waals surface area (Å²) in [6.45, 7) is 3.93. The molecule has 7 nitrogen and oxygen atoms in total. The van der Waals surface area contributed by atoms with E-state index in [1.54, 1.807) is 62.6 Å². The number of ether oxygens (including phenoxy) is 2. The Bertz CT molecular complexity index is 1000. The van der Waals surface area contributed by atoms with E-state index in [1.807, 2.05) is 6.07 Å². The zero-order chi connectivity index (χ0) is 22.1.